The molecule has 0 radical (unpaired) electrons. The molecule has 0 bridgehead atoms. The molecule has 108 valence electrons. The first-order valence-corrected chi connectivity index (χ1v) is 7.85. The average Bonchev–Trinajstić information content (AvgIpc) is 2.82. The molecule has 3 nitrogen and oxygen atoms in total. The summed E-state index contributed by atoms with van der Waals surface area (Å²) in [5, 5.41) is 0. The predicted molar refractivity (Wildman–Crippen MR) is 85.5 cm³/mol. The number of carbonyl (C=O) groups is 1. The molecule has 3 aliphatic rings. The quantitative estimate of drug-likeness (QED) is 0.726. The van der Waals surface area contributed by atoms with Gasteiger partial charge in [0, 0.05) is 11.1 Å². The van der Waals surface area contributed by atoms with E-state index in [4.69, 9.17) is 4.99 Å². The van der Waals surface area contributed by atoms with Crippen molar-refractivity contribution in [2.45, 2.75) is 31.7 Å². The standard InChI is InChI=1S/C19H16N2O/c1-19-11-5-7-12-6-4-10-15(16(12)19)20-17-13-8-2-3-9-14(13)18(22)21(17)19/h2-4,6,8-10H,5,7,11H2,1H3. The second-order valence-electron chi connectivity index (χ2n) is 6.56. The van der Waals surface area contributed by atoms with Crippen LogP contribution in [0.5, 0.6) is 0 Å². The van der Waals surface area contributed by atoms with Gasteiger partial charge in [-0.3, -0.25) is 9.69 Å². The third kappa shape index (κ3) is 1.27. The summed E-state index contributed by atoms with van der Waals surface area (Å²) in [4.78, 5) is 19.8. The van der Waals surface area contributed by atoms with Gasteiger partial charge in [-0.2, -0.15) is 0 Å². The molecular formula is C19H16N2O. The molecule has 1 unspecified atom stereocenters. The van der Waals surface area contributed by atoms with Crippen molar-refractivity contribution in [1.29, 1.82) is 0 Å². The monoisotopic (exact) mass is 288 g/mol. The SMILES string of the molecule is CC12CCCc3cccc(c31)N=C1c3ccccc3C(=O)N12. The highest BCUT2D eigenvalue weighted by Crippen LogP contribution is 2.50. The number of benzene rings is 2. The lowest BCUT2D eigenvalue weighted by Crippen LogP contribution is -2.51. The van der Waals surface area contributed by atoms with Gasteiger partial charge in [0.05, 0.1) is 16.8 Å². The zero-order valence-corrected chi connectivity index (χ0v) is 12.5. The normalized spacial score (nSPS) is 24.5. The smallest absolute Gasteiger partial charge is 0.260 e. The summed E-state index contributed by atoms with van der Waals surface area (Å²) in [6, 6.07) is 14.2. The summed E-state index contributed by atoms with van der Waals surface area (Å²) in [5.41, 5.74) is 5.12. The van der Waals surface area contributed by atoms with Gasteiger partial charge in [-0.1, -0.05) is 30.3 Å². The van der Waals surface area contributed by atoms with E-state index in [9.17, 15) is 4.79 Å². The van der Waals surface area contributed by atoms with E-state index < -0.39 is 0 Å². The van der Waals surface area contributed by atoms with E-state index in [2.05, 4.69) is 25.1 Å². The molecule has 2 aliphatic heterocycles. The fourth-order valence-electron chi connectivity index (χ4n) is 4.37. The number of fused-ring (bicyclic) bond motifs is 4. The molecule has 5 rings (SSSR count). The van der Waals surface area contributed by atoms with Crippen molar-refractivity contribution < 1.29 is 4.79 Å². The van der Waals surface area contributed by atoms with Crippen molar-refractivity contribution in [3.8, 4) is 0 Å². The van der Waals surface area contributed by atoms with E-state index in [0.717, 1.165) is 41.9 Å². The fraction of sp³-hybridized carbons (Fsp3) is 0.263. The number of hydrogen-bond acceptors (Lipinski definition) is 2. The summed E-state index contributed by atoms with van der Waals surface area (Å²) < 4.78 is 0. The first kappa shape index (κ1) is 12.2. The van der Waals surface area contributed by atoms with E-state index in [1.807, 2.05) is 29.2 Å². The third-order valence-corrected chi connectivity index (χ3v) is 5.31. The second kappa shape index (κ2) is 3.86. The molecule has 0 saturated carbocycles. The molecule has 2 aromatic carbocycles. The van der Waals surface area contributed by atoms with Crippen LogP contribution in [0.3, 0.4) is 0 Å². The number of aliphatic imine (C=N–C) groups is 1. The van der Waals surface area contributed by atoms with Gasteiger partial charge in [-0.25, -0.2) is 4.99 Å². The Labute approximate surface area is 129 Å². The number of nitrogens with zero attached hydrogens (tertiary/aromatic N) is 2. The maximum Gasteiger partial charge on any atom is 0.260 e. The number of amides is 1. The molecule has 2 heterocycles. The van der Waals surface area contributed by atoms with E-state index >= 15 is 0 Å². The van der Waals surface area contributed by atoms with E-state index in [1.165, 1.54) is 11.1 Å². The van der Waals surface area contributed by atoms with E-state index in [0.29, 0.717) is 0 Å². The van der Waals surface area contributed by atoms with Crippen LogP contribution in [0.25, 0.3) is 0 Å². The third-order valence-electron chi connectivity index (χ3n) is 5.31. The van der Waals surface area contributed by atoms with Crippen LogP contribution in [0.4, 0.5) is 5.69 Å². The van der Waals surface area contributed by atoms with Gasteiger partial charge in [0.1, 0.15) is 5.84 Å². The van der Waals surface area contributed by atoms with Crippen LogP contribution >= 0.6 is 0 Å². The van der Waals surface area contributed by atoms with Gasteiger partial charge in [-0.15, -0.1) is 0 Å². The zero-order valence-electron chi connectivity index (χ0n) is 12.5. The lowest BCUT2D eigenvalue weighted by atomic mass is 9.75. The van der Waals surface area contributed by atoms with Crippen LogP contribution in [0, 0.1) is 0 Å². The minimum absolute atomic E-state index is 0.0965. The predicted octanol–water partition coefficient (Wildman–Crippen LogP) is 3.79. The molecule has 1 atom stereocenters. The van der Waals surface area contributed by atoms with Gasteiger partial charge in [-0.05, 0) is 43.9 Å². The average molecular weight is 288 g/mol. The highest BCUT2D eigenvalue weighted by atomic mass is 16.2. The van der Waals surface area contributed by atoms with Crippen LogP contribution in [0.2, 0.25) is 0 Å². The molecule has 1 aliphatic carbocycles. The molecule has 0 fully saturated rings. The molecule has 1 amide bonds. The Morgan fingerprint density at radius 3 is 2.77 bits per heavy atom. The molecule has 3 heteroatoms. The summed E-state index contributed by atoms with van der Waals surface area (Å²) in [6.45, 7) is 2.20. The molecular weight excluding hydrogens is 272 g/mol. The van der Waals surface area contributed by atoms with Crippen molar-refractivity contribution in [2.24, 2.45) is 4.99 Å². The van der Waals surface area contributed by atoms with Crippen LogP contribution in [0.1, 0.15) is 46.8 Å². The van der Waals surface area contributed by atoms with Crippen LogP contribution in [-0.2, 0) is 12.0 Å². The van der Waals surface area contributed by atoms with Crippen LogP contribution < -0.4 is 0 Å². The summed E-state index contributed by atoms with van der Waals surface area (Å²) >= 11 is 0. The molecule has 0 aromatic heterocycles. The van der Waals surface area contributed by atoms with Crippen molar-refractivity contribution in [1.82, 2.24) is 4.90 Å². The molecule has 0 spiro atoms. The number of hydrogen-bond donors (Lipinski definition) is 0. The highest BCUT2D eigenvalue weighted by molar-refractivity contribution is 6.25. The molecule has 2 aromatic rings. The fourth-order valence-corrected chi connectivity index (χ4v) is 4.37. The Kier molecular flexibility index (Phi) is 2.13. The molecule has 22 heavy (non-hydrogen) atoms. The summed E-state index contributed by atoms with van der Waals surface area (Å²) in [7, 11) is 0. The van der Waals surface area contributed by atoms with E-state index in [1.54, 1.807) is 0 Å². The van der Waals surface area contributed by atoms with Crippen molar-refractivity contribution in [3.05, 3.63) is 64.7 Å². The topological polar surface area (TPSA) is 32.7 Å². The van der Waals surface area contributed by atoms with Crippen molar-refractivity contribution in [3.63, 3.8) is 0 Å². The highest BCUT2D eigenvalue weighted by Gasteiger charge is 2.50. The second-order valence-corrected chi connectivity index (χ2v) is 6.56. The summed E-state index contributed by atoms with van der Waals surface area (Å²) in [6.07, 6.45) is 3.19. The van der Waals surface area contributed by atoms with Crippen molar-refractivity contribution >= 4 is 17.4 Å². The number of aryl methyl sites for hydroxylation is 1. The van der Waals surface area contributed by atoms with Gasteiger partial charge in [0.2, 0.25) is 0 Å². The number of amidine groups is 1. The first-order valence-electron chi connectivity index (χ1n) is 7.85. The molecule has 0 saturated heterocycles. The Morgan fingerprint density at radius 2 is 1.91 bits per heavy atom. The first-order chi connectivity index (χ1) is 10.7. The van der Waals surface area contributed by atoms with Gasteiger partial charge >= 0.3 is 0 Å². The Morgan fingerprint density at radius 1 is 1.09 bits per heavy atom. The maximum absolute atomic E-state index is 13.0. The zero-order chi connectivity index (χ0) is 14.9. The Bertz CT molecular complexity index is 867. The number of rotatable bonds is 0. The van der Waals surface area contributed by atoms with Gasteiger partial charge in [0.15, 0.2) is 0 Å². The van der Waals surface area contributed by atoms with Crippen molar-refractivity contribution in [2.75, 3.05) is 0 Å². The van der Waals surface area contributed by atoms with Gasteiger partial charge in [0.25, 0.3) is 5.91 Å². The number of carbonyl (C=O) groups excluding carboxylic acids is 1. The minimum atomic E-state index is -0.267. The lowest BCUT2D eigenvalue weighted by Gasteiger charge is -2.46. The minimum Gasteiger partial charge on any atom is -0.282 e. The largest absolute Gasteiger partial charge is 0.282 e. The Balaban J connectivity index is 1.87. The van der Waals surface area contributed by atoms with E-state index in [-0.39, 0.29) is 11.4 Å². The summed E-state index contributed by atoms with van der Waals surface area (Å²) in [5.74, 6) is 0.925. The van der Waals surface area contributed by atoms with Crippen LogP contribution in [-0.4, -0.2) is 16.6 Å². The van der Waals surface area contributed by atoms with Gasteiger partial charge < -0.3 is 0 Å². The van der Waals surface area contributed by atoms with Crippen LogP contribution in [0.15, 0.2) is 47.5 Å². The Hall–Kier alpha value is -2.42. The molecule has 0 N–H and O–H groups in total. The lowest BCUT2D eigenvalue weighted by molar-refractivity contribution is 0.0688. The maximum atomic E-state index is 13.0.